The van der Waals surface area contributed by atoms with Gasteiger partial charge >= 0.3 is 0 Å². The number of carbonyl (C=O) groups excluding carboxylic acids is 3. The van der Waals surface area contributed by atoms with Crippen molar-refractivity contribution in [1.29, 1.82) is 0 Å². The van der Waals surface area contributed by atoms with Crippen molar-refractivity contribution in [2.75, 3.05) is 0 Å². The first kappa shape index (κ1) is 13.3. The number of rotatable bonds is 2. The van der Waals surface area contributed by atoms with Crippen LogP contribution in [-0.2, 0) is 14.4 Å². The molecule has 0 saturated carbocycles. The molecule has 0 radical (unpaired) electrons. The molecule has 0 aromatic heterocycles. The molecule has 100 valence electrons. The summed E-state index contributed by atoms with van der Waals surface area (Å²) in [5.41, 5.74) is 1.68. The second-order valence-corrected chi connectivity index (χ2v) is 4.72. The minimum Gasteiger partial charge on any atom is -0.340 e. The molecule has 1 unspecified atom stereocenters. The Morgan fingerprint density at radius 2 is 2.16 bits per heavy atom. The number of piperidine rings is 1. The van der Waals surface area contributed by atoms with Crippen molar-refractivity contribution < 1.29 is 14.4 Å². The molecule has 0 spiro atoms. The van der Waals surface area contributed by atoms with E-state index >= 15 is 0 Å². The molecule has 2 rings (SSSR count). The van der Waals surface area contributed by atoms with Crippen LogP contribution in [-0.4, -0.2) is 23.8 Å². The first-order valence-corrected chi connectivity index (χ1v) is 6.25. The zero-order chi connectivity index (χ0) is 13.8. The Morgan fingerprint density at radius 1 is 1.37 bits per heavy atom. The van der Waals surface area contributed by atoms with Gasteiger partial charge in [-0.15, -0.1) is 0 Å². The Morgan fingerprint density at radius 3 is 2.89 bits per heavy atom. The molecule has 5 heteroatoms. The normalized spacial score (nSPS) is 23.1. The molecule has 2 N–H and O–H groups in total. The van der Waals surface area contributed by atoms with Crippen LogP contribution >= 0.6 is 0 Å². The van der Waals surface area contributed by atoms with Crippen LogP contribution in [0.3, 0.4) is 0 Å². The fourth-order valence-corrected chi connectivity index (χ4v) is 1.95. The SMILES string of the molecule is CC1=CC=C(C(=O)NC2CCC(=O)NC2=O)C=CC1. The third-order valence-corrected chi connectivity index (χ3v) is 3.09. The van der Waals surface area contributed by atoms with Crippen molar-refractivity contribution >= 4 is 17.7 Å². The lowest BCUT2D eigenvalue weighted by Crippen LogP contribution is -2.52. The monoisotopic (exact) mass is 260 g/mol. The third-order valence-electron chi connectivity index (χ3n) is 3.09. The summed E-state index contributed by atoms with van der Waals surface area (Å²) in [5.74, 6) is -1.02. The van der Waals surface area contributed by atoms with Crippen LogP contribution in [0, 0.1) is 0 Å². The molecule has 1 aliphatic carbocycles. The minimum atomic E-state index is -0.632. The largest absolute Gasteiger partial charge is 0.340 e. The van der Waals surface area contributed by atoms with Crippen LogP contribution in [0.5, 0.6) is 0 Å². The highest BCUT2D eigenvalue weighted by Gasteiger charge is 2.28. The van der Waals surface area contributed by atoms with E-state index in [0.717, 1.165) is 6.42 Å². The summed E-state index contributed by atoms with van der Waals surface area (Å²) in [4.78, 5) is 34.6. The highest BCUT2D eigenvalue weighted by atomic mass is 16.2. The van der Waals surface area contributed by atoms with Crippen molar-refractivity contribution in [3.05, 3.63) is 35.5 Å². The van der Waals surface area contributed by atoms with E-state index in [-0.39, 0.29) is 18.2 Å². The van der Waals surface area contributed by atoms with E-state index in [1.54, 1.807) is 12.2 Å². The van der Waals surface area contributed by atoms with Gasteiger partial charge in [0.05, 0.1) is 0 Å². The Balaban J connectivity index is 2.01. The lowest BCUT2D eigenvalue weighted by molar-refractivity contribution is -0.136. The Labute approximate surface area is 111 Å². The smallest absolute Gasteiger partial charge is 0.251 e. The number of allylic oxidation sites excluding steroid dienone is 4. The average molecular weight is 260 g/mol. The summed E-state index contributed by atoms with van der Waals surface area (Å²) >= 11 is 0. The maximum Gasteiger partial charge on any atom is 0.251 e. The van der Waals surface area contributed by atoms with E-state index in [0.29, 0.717) is 12.0 Å². The maximum atomic E-state index is 12.0. The van der Waals surface area contributed by atoms with Gasteiger partial charge in [-0.05, 0) is 25.8 Å². The van der Waals surface area contributed by atoms with Crippen molar-refractivity contribution in [2.24, 2.45) is 0 Å². The summed E-state index contributed by atoms with van der Waals surface area (Å²) < 4.78 is 0. The van der Waals surface area contributed by atoms with Crippen LogP contribution in [0.4, 0.5) is 0 Å². The number of imide groups is 1. The van der Waals surface area contributed by atoms with Crippen LogP contribution < -0.4 is 10.6 Å². The number of carbonyl (C=O) groups is 3. The Bertz CT molecular complexity index is 515. The van der Waals surface area contributed by atoms with E-state index in [2.05, 4.69) is 10.6 Å². The number of hydrogen-bond donors (Lipinski definition) is 2. The summed E-state index contributed by atoms with van der Waals surface area (Å²) in [5, 5.41) is 4.86. The van der Waals surface area contributed by atoms with Gasteiger partial charge in [0, 0.05) is 12.0 Å². The first-order chi connectivity index (χ1) is 9.06. The maximum absolute atomic E-state index is 12.0. The van der Waals surface area contributed by atoms with E-state index in [9.17, 15) is 14.4 Å². The molecule has 19 heavy (non-hydrogen) atoms. The summed E-state index contributed by atoms with van der Waals surface area (Å²) in [6.07, 6.45) is 8.70. The molecular formula is C14H16N2O3. The average Bonchev–Trinajstić information content (AvgIpc) is 2.57. The molecule has 0 aromatic carbocycles. The predicted octanol–water partition coefficient (Wildman–Crippen LogP) is 0.740. The van der Waals surface area contributed by atoms with Gasteiger partial charge in [0.15, 0.2) is 0 Å². The Kier molecular flexibility index (Phi) is 3.94. The van der Waals surface area contributed by atoms with Gasteiger partial charge < -0.3 is 5.32 Å². The van der Waals surface area contributed by atoms with Gasteiger partial charge in [-0.1, -0.05) is 23.8 Å². The van der Waals surface area contributed by atoms with Crippen LogP contribution in [0.25, 0.3) is 0 Å². The summed E-state index contributed by atoms with van der Waals surface area (Å²) in [6.45, 7) is 1.99. The molecule has 1 atom stereocenters. The third kappa shape index (κ3) is 3.40. The predicted molar refractivity (Wildman–Crippen MR) is 69.9 cm³/mol. The van der Waals surface area contributed by atoms with Crippen LogP contribution in [0.15, 0.2) is 35.5 Å². The van der Waals surface area contributed by atoms with Gasteiger partial charge in [0.2, 0.25) is 11.8 Å². The quantitative estimate of drug-likeness (QED) is 0.719. The highest BCUT2D eigenvalue weighted by molar-refractivity contribution is 6.04. The molecule has 5 nitrogen and oxygen atoms in total. The molecule has 1 saturated heterocycles. The Hall–Kier alpha value is -2.17. The topological polar surface area (TPSA) is 75.3 Å². The summed E-state index contributed by atoms with van der Waals surface area (Å²) in [7, 11) is 0. The van der Waals surface area contributed by atoms with Gasteiger partial charge in [0.25, 0.3) is 5.91 Å². The van der Waals surface area contributed by atoms with Gasteiger partial charge in [-0.25, -0.2) is 0 Å². The molecule has 2 aliphatic rings. The molecule has 3 amide bonds. The standard InChI is InChI=1S/C14H16N2O3/c1-9-3-2-4-10(6-5-9)13(18)15-11-7-8-12(17)16-14(11)19/h2,4-6,11H,3,7-8H2,1H3,(H,15,18)(H,16,17,19). The second kappa shape index (κ2) is 5.65. The zero-order valence-corrected chi connectivity index (χ0v) is 10.7. The molecule has 0 bridgehead atoms. The van der Waals surface area contributed by atoms with Gasteiger partial charge in [-0.3, -0.25) is 19.7 Å². The summed E-state index contributed by atoms with van der Waals surface area (Å²) in [6, 6.07) is -0.632. The van der Waals surface area contributed by atoms with Crippen molar-refractivity contribution in [2.45, 2.75) is 32.2 Å². The minimum absolute atomic E-state index is 0.255. The van der Waals surface area contributed by atoms with Crippen LogP contribution in [0.2, 0.25) is 0 Å². The van der Waals surface area contributed by atoms with Crippen molar-refractivity contribution in [3.8, 4) is 0 Å². The van der Waals surface area contributed by atoms with Gasteiger partial charge in [0.1, 0.15) is 6.04 Å². The van der Waals surface area contributed by atoms with E-state index in [1.165, 1.54) is 5.57 Å². The van der Waals surface area contributed by atoms with E-state index in [4.69, 9.17) is 0 Å². The van der Waals surface area contributed by atoms with Crippen molar-refractivity contribution in [1.82, 2.24) is 10.6 Å². The number of nitrogens with one attached hydrogen (secondary N) is 2. The number of amides is 3. The first-order valence-electron chi connectivity index (χ1n) is 6.25. The molecule has 1 heterocycles. The molecule has 1 aliphatic heterocycles. The lowest BCUT2D eigenvalue weighted by atomic mass is 10.1. The second-order valence-electron chi connectivity index (χ2n) is 4.72. The molecule has 0 aromatic rings. The molecule has 1 fully saturated rings. The highest BCUT2D eigenvalue weighted by Crippen LogP contribution is 2.12. The van der Waals surface area contributed by atoms with E-state index in [1.807, 2.05) is 19.1 Å². The lowest BCUT2D eigenvalue weighted by Gasteiger charge is -2.21. The van der Waals surface area contributed by atoms with E-state index < -0.39 is 11.9 Å². The van der Waals surface area contributed by atoms with Crippen LogP contribution in [0.1, 0.15) is 26.2 Å². The van der Waals surface area contributed by atoms with Crippen molar-refractivity contribution in [3.63, 3.8) is 0 Å². The fourth-order valence-electron chi connectivity index (χ4n) is 1.95. The zero-order valence-electron chi connectivity index (χ0n) is 10.7. The van der Waals surface area contributed by atoms with Gasteiger partial charge in [-0.2, -0.15) is 0 Å². The molecular weight excluding hydrogens is 244 g/mol. The fraction of sp³-hybridized carbons (Fsp3) is 0.357. The number of hydrogen-bond acceptors (Lipinski definition) is 3.